The van der Waals surface area contributed by atoms with Gasteiger partial charge < -0.3 is 15.2 Å². The maximum Gasteiger partial charge on any atom is 0.238 e. The molecular weight excluding hydrogens is 278 g/mol. The largest absolute Gasteiger partial charge is 0.336 e. The second-order valence-corrected chi connectivity index (χ2v) is 4.69. The number of hydrogen-bond donors (Lipinski definition) is 2. The average molecular weight is 294 g/mol. The summed E-state index contributed by atoms with van der Waals surface area (Å²) in [6.07, 6.45) is 5.15. The number of hydrogen-bond acceptors (Lipinski definition) is 3. The molecule has 112 valence electrons. The van der Waals surface area contributed by atoms with Crippen molar-refractivity contribution in [2.45, 2.75) is 19.5 Å². The van der Waals surface area contributed by atoms with Gasteiger partial charge in [-0.1, -0.05) is 6.07 Å². The van der Waals surface area contributed by atoms with E-state index in [1.807, 2.05) is 17.7 Å². The van der Waals surface area contributed by atoms with E-state index in [0.717, 1.165) is 12.1 Å². The molecular formula is C14H16F2N4O. The minimum atomic E-state index is -0.796. The number of nitrogens with zero attached hydrogens (tertiary/aromatic N) is 2. The van der Waals surface area contributed by atoms with Crippen LogP contribution in [0.15, 0.2) is 36.9 Å². The monoisotopic (exact) mass is 294 g/mol. The number of anilines is 1. The van der Waals surface area contributed by atoms with Crippen LogP contribution in [-0.4, -0.2) is 28.0 Å². The first-order valence-electron chi connectivity index (χ1n) is 6.49. The Kier molecular flexibility index (Phi) is 4.99. The fourth-order valence-electron chi connectivity index (χ4n) is 1.84. The smallest absolute Gasteiger partial charge is 0.238 e. The molecule has 0 aliphatic carbocycles. The number of para-hydroxylation sites is 1. The van der Waals surface area contributed by atoms with Gasteiger partial charge in [-0.2, -0.15) is 0 Å². The Morgan fingerprint density at radius 1 is 1.38 bits per heavy atom. The van der Waals surface area contributed by atoms with E-state index in [9.17, 15) is 13.6 Å². The molecule has 0 spiro atoms. The van der Waals surface area contributed by atoms with Crippen molar-refractivity contribution in [2.24, 2.45) is 0 Å². The maximum absolute atomic E-state index is 13.4. The molecule has 0 fully saturated rings. The molecule has 1 atom stereocenters. The van der Waals surface area contributed by atoms with Crippen molar-refractivity contribution in [1.82, 2.24) is 14.9 Å². The summed E-state index contributed by atoms with van der Waals surface area (Å²) in [6.45, 7) is 2.50. The summed E-state index contributed by atoms with van der Waals surface area (Å²) in [4.78, 5) is 15.6. The third-order valence-corrected chi connectivity index (χ3v) is 2.88. The zero-order valence-corrected chi connectivity index (χ0v) is 11.5. The lowest BCUT2D eigenvalue weighted by Gasteiger charge is -2.14. The lowest BCUT2D eigenvalue weighted by Crippen LogP contribution is -2.36. The highest BCUT2D eigenvalue weighted by atomic mass is 19.1. The van der Waals surface area contributed by atoms with Crippen LogP contribution < -0.4 is 10.6 Å². The van der Waals surface area contributed by atoms with Gasteiger partial charge in [-0.3, -0.25) is 4.79 Å². The number of carbonyl (C=O) groups is 1. The second-order valence-electron chi connectivity index (χ2n) is 4.69. The van der Waals surface area contributed by atoms with Gasteiger partial charge >= 0.3 is 0 Å². The van der Waals surface area contributed by atoms with Crippen molar-refractivity contribution in [3.8, 4) is 0 Å². The van der Waals surface area contributed by atoms with Gasteiger partial charge in [-0.25, -0.2) is 13.8 Å². The Bertz CT molecular complexity index is 581. The number of carbonyl (C=O) groups excluding carboxylic acids is 1. The predicted molar refractivity (Wildman–Crippen MR) is 74.7 cm³/mol. The van der Waals surface area contributed by atoms with Crippen LogP contribution in [0.3, 0.4) is 0 Å². The van der Waals surface area contributed by atoms with Gasteiger partial charge in [0.15, 0.2) is 0 Å². The van der Waals surface area contributed by atoms with E-state index in [-0.39, 0.29) is 12.6 Å². The molecule has 2 N–H and O–H groups in total. The van der Waals surface area contributed by atoms with Crippen molar-refractivity contribution < 1.29 is 13.6 Å². The number of rotatable bonds is 6. The second kappa shape index (κ2) is 6.94. The van der Waals surface area contributed by atoms with E-state index < -0.39 is 23.2 Å². The molecule has 0 saturated carbocycles. The van der Waals surface area contributed by atoms with Crippen molar-refractivity contribution in [2.75, 3.05) is 11.9 Å². The van der Waals surface area contributed by atoms with Crippen molar-refractivity contribution in [3.05, 3.63) is 48.6 Å². The maximum atomic E-state index is 13.4. The Morgan fingerprint density at radius 2 is 2.10 bits per heavy atom. The zero-order chi connectivity index (χ0) is 15.2. The number of nitrogens with one attached hydrogen (secondary N) is 2. The fourth-order valence-corrected chi connectivity index (χ4v) is 1.84. The predicted octanol–water partition coefficient (Wildman–Crippen LogP) is 1.78. The van der Waals surface area contributed by atoms with Crippen LogP contribution in [-0.2, 0) is 11.3 Å². The topological polar surface area (TPSA) is 59.0 Å². The van der Waals surface area contributed by atoms with Gasteiger partial charge in [-0.05, 0) is 19.1 Å². The first-order chi connectivity index (χ1) is 10.1. The molecule has 2 aromatic rings. The molecule has 1 aromatic heterocycles. The minimum Gasteiger partial charge on any atom is -0.336 e. The van der Waals surface area contributed by atoms with Crippen LogP contribution in [0.4, 0.5) is 14.5 Å². The summed E-state index contributed by atoms with van der Waals surface area (Å²) < 4.78 is 28.6. The lowest BCUT2D eigenvalue weighted by molar-refractivity contribution is -0.115. The molecule has 0 saturated heterocycles. The number of aromatic nitrogens is 2. The Labute approximate surface area is 121 Å². The third kappa shape index (κ3) is 4.35. The van der Waals surface area contributed by atoms with Crippen LogP contribution in [0.5, 0.6) is 0 Å². The summed E-state index contributed by atoms with van der Waals surface area (Å²) in [7, 11) is 0. The van der Waals surface area contributed by atoms with E-state index in [4.69, 9.17) is 0 Å². The number of halogens is 2. The van der Waals surface area contributed by atoms with Crippen molar-refractivity contribution >= 4 is 11.6 Å². The Balaban J connectivity index is 1.82. The summed E-state index contributed by atoms with van der Waals surface area (Å²) >= 11 is 0. The summed E-state index contributed by atoms with van der Waals surface area (Å²) in [6, 6.07) is 3.43. The number of benzene rings is 1. The summed E-state index contributed by atoms with van der Waals surface area (Å²) in [5.74, 6) is -2.10. The first-order valence-corrected chi connectivity index (χ1v) is 6.49. The van der Waals surface area contributed by atoms with Gasteiger partial charge in [0.2, 0.25) is 5.91 Å². The summed E-state index contributed by atoms with van der Waals surface area (Å²) in [5.41, 5.74) is -0.424. The molecule has 1 heterocycles. The van der Waals surface area contributed by atoms with E-state index in [0.29, 0.717) is 6.54 Å². The SMILES string of the molecule is CC(Cn1ccnc1)NCC(=O)Nc1c(F)cccc1F. The van der Waals surface area contributed by atoms with Crippen LogP contribution in [0, 0.1) is 11.6 Å². The van der Waals surface area contributed by atoms with Crippen LogP contribution in [0.2, 0.25) is 0 Å². The molecule has 0 radical (unpaired) electrons. The molecule has 0 aliphatic rings. The molecule has 2 rings (SSSR count). The molecule has 5 nitrogen and oxygen atoms in total. The standard InChI is InChI=1S/C14H16F2N4O/c1-10(8-20-6-5-17-9-20)18-7-13(21)19-14-11(15)3-2-4-12(14)16/h2-6,9-10,18H,7-8H2,1H3,(H,19,21). The van der Waals surface area contributed by atoms with E-state index in [2.05, 4.69) is 15.6 Å². The normalized spacial score (nSPS) is 12.1. The molecule has 1 amide bonds. The number of imidazole rings is 1. The third-order valence-electron chi connectivity index (χ3n) is 2.88. The van der Waals surface area contributed by atoms with E-state index in [1.165, 1.54) is 6.07 Å². The number of amides is 1. The fraction of sp³-hybridized carbons (Fsp3) is 0.286. The lowest BCUT2D eigenvalue weighted by atomic mass is 10.3. The highest BCUT2D eigenvalue weighted by Crippen LogP contribution is 2.17. The van der Waals surface area contributed by atoms with Crippen LogP contribution in [0.1, 0.15) is 6.92 Å². The average Bonchev–Trinajstić information content (AvgIpc) is 2.94. The van der Waals surface area contributed by atoms with Gasteiger partial charge in [-0.15, -0.1) is 0 Å². The van der Waals surface area contributed by atoms with Crippen molar-refractivity contribution in [3.63, 3.8) is 0 Å². The van der Waals surface area contributed by atoms with Crippen LogP contribution in [0.25, 0.3) is 0 Å². The molecule has 1 unspecified atom stereocenters. The molecule has 21 heavy (non-hydrogen) atoms. The molecule has 7 heteroatoms. The molecule has 0 aliphatic heterocycles. The summed E-state index contributed by atoms with van der Waals surface area (Å²) in [5, 5.41) is 5.20. The highest BCUT2D eigenvalue weighted by molar-refractivity contribution is 5.92. The van der Waals surface area contributed by atoms with E-state index in [1.54, 1.807) is 12.5 Å². The van der Waals surface area contributed by atoms with E-state index >= 15 is 0 Å². The van der Waals surface area contributed by atoms with Gasteiger partial charge in [0.05, 0.1) is 12.9 Å². The zero-order valence-electron chi connectivity index (χ0n) is 11.5. The molecule has 1 aromatic carbocycles. The van der Waals surface area contributed by atoms with Gasteiger partial charge in [0.25, 0.3) is 0 Å². The molecule has 0 bridgehead atoms. The Hall–Kier alpha value is -2.28. The van der Waals surface area contributed by atoms with Gasteiger partial charge in [0.1, 0.15) is 17.3 Å². The van der Waals surface area contributed by atoms with Crippen molar-refractivity contribution in [1.29, 1.82) is 0 Å². The Morgan fingerprint density at radius 3 is 2.71 bits per heavy atom. The van der Waals surface area contributed by atoms with Gasteiger partial charge in [0, 0.05) is 25.0 Å². The minimum absolute atomic E-state index is 0.00965. The first kappa shape index (κ1) is 15.1. The van der Waals surface area contributed by atoms with Crippen LogP contribution >= 0.6 is 0 Å². The highest BCUT2D eigenvalue weighted by Gasteiger charge is 2.12. The quantitative estimate of drug-likeness (QED) is 0.854.